The van der Waals surface area contributed by atoms with Gasteiger partial charge in [-0.1, -0.05) is 0 Å². The first-order valence-corrected chi connectivity index (χ1v) is 11.2. The summed E-state index contributed by atoms with van der Waals surface area (Å²) in [5.41, 5.74) is 9.58. The quantitative estimate of drug-likeness (QED) is 0.481. The van der Waals surface area contributed by atoms with E-state index >= 15 is 0 Å². The monoisotopic (exact) mass is 447 g/mol. The van der Waals surface area contributed by atoms with Gasteiger partial charge in [0.25, 0.3) is 5.91 Å². The first-order chi connectivity index (χ1) is 16.1. The van der Waals surface area contributed by atoms with Gasteiger partial charge in [-0.25, -0.2) is 9.97 Å². The number of aromatic nitrogens is 5. The third-order valence-corrected chi connectivity index (χ3v) is 6.75. The molecule has 3 atom stereocenters. The van der Waals surface area contributed by atoms with Crippen LogP contribution in [0.3, 0.4) is 0 Å². The zero-order valence-corrected chi connectivity index (χ0v) is 18.3. The normalized spacial score (nSPS) is 22.6. The van der Waals surface area contributed by atoms with Crippen molar-refractivity contribution in [3.8, 4) is 22.6 Å². The summed E-state index contributed by atoms with van der Waals surface area (Å²) in [6.45, 7) is 1.44. The van der Waals surface area contributed by atoms with Crippen LogP contribution in [0, 0.1) is 0 Å². The minimum atomic E-state index is -0.231. The molecule has 0 spiro atoms. The van der Waals surface area contributed by atoms with E-state index < -0.39 is 0 Å². The zero-order valence-electron chi connectivity index (χ0n) is 18.3. The Kier molecular flexibility index (Phi) is 4.77. The van der Waals surface area contributed by atoms with Crippen LogP contribution in [-0.4, -0.2) is 62.5 Å². The van der Waals surface area contributed by atoms with Gasteiger partial charge in [0.15, 0.2) is 5.65 Å². The second kappa shape index (κ2) is 7.82. The van der Waals surface area contributed by atoms with E-state index in [1.807, 2.05) is 24.5 Å². The highest BCUT2D eigenvalue weighted by Gasteiger charge is 2.33. The molecule has 1 amide bonds. The molecule has 1 saturated heterocycles. The van der Waals surface area contributed by atoms with E-state index in [1.54, 1.807) is 13.2 Å². The summed E-state index contributed by atoms with van der Waals surface area (Å²) < 4.78 is 14.6. The van der Waals surface area contributed by atoms with Crippen molar-refractivity contribution in [2.45, 2.75) is 37.5 Å². The number of nitrogens with one attached hydrogen (secondary N) is 1. The second-order valence-electron chi connectivity index (χ2n) is 8.63. The van der Waals surface area contributed by atoms with E-state index in [4.69, 9.17) is 20.2 Å². The summed E-state index contributed by atoms with van der Waals surface area (Å²) in [7, 11) is 1.66. The number of nitrogens with two attached hydrogens (primary N) is 1. The SMILES string of the molecule is CO[C@@H]1CCC1NC(=O)c1cnn2c(N)cc(-c3cnc4n([C@H]5CCOC5)cccc3-4)nc12. The molecule has 0 aromatic carbocycles. The first kappa shape index (κ1) is 20.1. The zero-order chi connectivity index (χ0) is 22.5. The molecule has 4 aliphatic rings. The molecule has 10 heteroatoms. The Morgan fingerprint density at radius 1 is 1.27 bits per heavy atom. The number of nitrogen functional groups attached to an aromatic ring is 1. The van der Waals surface area contributed by atoms with Crippen molar-refractivity contribution in [1.82, 2.24) is 29.5 Å². The maximum absolute atomic E-state index is 13.0. The number of carbonyl (C=O) groups excluding carboxylic acids is 1. The summed E-state index contributed by atoms with van der Waals surface area (Å²) in [6.07, 6.45) is 8.19. The van der Waals surface area contributed by atoms with Gasteiger partial charge in [-0.05, 0) is 31.4 Å². The summed E-state index contributed by atoms with van der Waals surface area (Å²) in [5, 5.41) is 7.31. The van der Waals surface area contributed by atoms with Gasteiger partial charge in [0.05, 0.1) is 36.7 Å². The van der Waals surface area contributed by atoms with Gasteiger partial charge in [-0.2, -0.15) is 9.61 Å². The number of amides is 1. The molecule has 1 unspecified atom stereocenters. The predicted octanol–water partition coefficient (Wildman–Crippen LogP) is 2.15. The summed E-state index contributed by atoms with van der Waals surface area (Å²) in [5.74, 6) is 1.05. The number of rotatable bonds is 5. The van der Waals surface area contributed by atoms with Crippen molar-refractivity contribution in [3.05, 3.63) is 42.4 Å². The lowest BCUT2D eigenvalue weighted by molar-refractivity contribution is 0.00732. The van der Waals surface area contributed by atoms with Crippen molar-refractivity contribution in [2.75, 3.05) is 26.1 Å². The van der Waals surface area contributed by atoms with Gasteiger partial charge in [-0.15, -0.1) is 0 Å². The number of methoxy groups -OCH3 is 1. The third kappa shape index (κ3) is 3.25. The molecule has 10 nitrogen and oxygen atoms in total. The Balaban J connectivity index is 1.37. The van der Waals surface area contributed by atoms with Crippen molar-refractivity contribution < 1.29 is 14.3 Å². The minimum absolute atomic E-state index is 0.00351. The van der Waals surface area contributed by atoms with Crippen molar-refractivity contribution in [1.29, 1.82) is 0 Å². The van der Waals surface area contributed by atoms with E-state index in [-0.39, 0.29) is 24.1 Å². The smallest absolute Gasteiger partial charge is 0.257 e. The summed E-state index contributed by atoms with van der Waals surface area (Å²) in [6, 6.07) is 6.06. The fourth-order valence-electron chi connectivity index (χ4n) is 4.75. The first-order valence-electron chi connectivity index (χ1n) is 11.2. The number of carbonyl (C=O) groups is 1. The van der Waals surface area contributed by atoms with Crippen LogP contribution in [0.1, 0.15) is 35.7 Å². The molecule has 3 N–H and O–H groups in total. The number of hydrogen-bond donors (Lipinski definition) is 2. The van der Waals surface area contributed by atoms with Gasteiger partial charge >= 0.3 is 0 Å². The van der Waals surface area contributed by atoms with E-state index in [2.05, 4.69) is 20.0 Å². The number of ether oxygens (including phenoxy) is 2. The Bertz CT molecular complexity index is 1300. The fourth-order valence-corrected chi connectivity index (χ4v) is 4.75. The highest BCUT2D eigenvalue weighted by atomic mass is 16.5. The predicted molar refractivity (Wildman–Crippen MR) is 121 cm³/mol. The minimum Gasteiger partial charge on any atom is -0.384 e. The number of fused-ring (bicyclic) bond motifs is 2. The van der Waals surface area contributed by atoms with Crippen LogP contribution in [-0.2, 0) is 9.47 Å². The highest BCUT2D eigenvalue weighted by molar-refractivity contribution is 6.00. The Hall–Kier alpha value is -3.50. The van der Waals surface area contributed by atoms with Crippen LogP contribution >= 0.6 is 0 Å². The molecule has 2 fully saturated rings. The maximum Gasteiger partial charge on any atom is 0.257 e. The van der Waals surface area contributed by atoms with Crippen LogP contribution in [0.15, 0.2) is 36.8 Å². The van der Waals surface area contributed by atoms with Crippen LogP contribution in [0.4, 0.5) is 5.82 Å². The average molecular weight is 447 g/mol. The van der Waals surface area contributed by atoms with Gasteiger partial charge in [0.1, 0.15) is 17.2 Å². The van der Waals surface area contributed by atoms with Gasteiger partial charge in [-0.3, -0.25) is 4.79 Å². The Morgan fingerprint density at radius 3 is 2.94 bits per heavy atom. The average Bonchev–Trinajstić information content (AvgIpc) is 3.56. The summed E-state index contributed by atoms with van der Waals surface area (Å²) in [4.78, 5) is 22.4. The second-order valence-corrected chi connectivity index (χ2v) is 8.63. The van der Waals surface area contributed by atoms with Crippen LogP contribution in [0.25, 0.3) is 28.3 Å². The van der Waals surface area contributed by atoms with Gasteiger partial charge in [0.2, 0.25) is 0 Å². The lowest BCUT2D eigenvalue weighted by atomic mass is 9.89. The van der Waals surface area contributed by atoms with Crippen molar-refractivity contribution >= 4 is 17.4 Å². The number of hydrogen-bond acceptors (Lipinski definition) is 7. The largest absolute Gasteiger partial charge is 0.384 e. The number of nitrogens with zero attached hydrogens (tertiary/aromatic N) is 5. The van der Waals surface area contributed by atoms with E-state index in [0.29, 0.717) is 29.3 Å². The molecule has 3 aliphatic heterocycles. The molecule has 1 aliphatic carbocycles. The molecular weight excluding hydrogens is 422 g/mol. The van der Waals surface area contributed by atoms with E-state index in [1.165, 1.54) is 10.7 Å². The van der Waals surface area contributed by atoms with Gasteiger partial charge < -0.3 is 25.1 Å². The number of pyridine rings is 1. The van der Waals surface area contributed by atoms with Crippen LogP contribution < -0.4 is 11.1 Å². The molecular formula is C23H25N7O3. The van der Waals surface area contributed by atoms with Crippen molar-refractivity contribution in [3.63, 3.8) is 0 Å². The molecule has 170 valence electrons. The van der Waals surface area contributed by atoms with Crippen LogP contribution in [0.2, 0.25) is 0 Å². The van der Waals surface area contributed by atoms with E-state index in [9.17, 15) is 4.79 Å². The molecule has 6 rings (SSSR count). The van der Waals surface area contributed by atoms with Crippen molar-refractivity contribution in [2.24, 2.45) is 0 Å². The standard InChI is InChI=1S/C23H25N7O3/c1-32-19-5-4-17(19)28-23(31)16-11-26-30-20(24)9-18(27-22(16)30)15-10-25-21-14(15)3-2-7-29(21)13-6-8-33-12-13/h2-3,7,9-11,13,17,19H,4-6,8,12,24H2,1H3,(H,28,31)/t13-,17?,19+/m0/s1. The van der Waals surface area contributed by atoms with Crippen LogP contribution in [0.5, 0.6) is 0 Å². The molecule has 2 aromatic rings. The molecule has 0 bridgehead atoms. The molecule has 33 heavy (non-hydrogen) atoms. The molecule has 1 saturated carbocycles. The Morgan fingerprint density at radius 2 is 2.18 bits per heavy atom. The summed E-state index contributed by atoms with van der Waals surface area (Å²) >= 11 is 0. The lowest BCUT2D eigenvalue weighted by Crippen LogP contribution is -2.51. The Labute approximate surface area is 190 Å². The molecule has 5 heterocycles. The number of anilines is 1. The molecule has 0 radical (unpaired) electrons. The fraction of sp³-hybridized carbons (Fsp3) is 0.391. The highest BCUT2D eigenvalue weighted by Crippen LogP contribution is 2.36. The topological polar surface area (TPSA) is 122 Å². The van der Waals surface area contributed by atoms with E-state index in [0.717, 1.165) is 42.8 Å². The maximum atomic E-state index is 13.0. The lowest BCUT2D eigenvalue weighted by Gasteiger charge is -2.35. The van der Waals surface area contributed by atoms with Gasteiger partial charge in [0, 0.05) is 43.3 Å². The molecule has 2 aromatic heterocycles. The third-order valence-electron chi connectivity index (χ3n) is 6.75.